The SMILES string of the molecule is [CH2-][C@H](N)C(=O)N[C@H](C(=O)N[C@@H](CC(C)C)C(=O)N[C@H](C(=O)N[C@@H](CC(=O)O)C(=O)N[C@@H](CC(C)C)C(=O)O)[C@@H](C)CC)[C@@H](C)O. The van der Waals surface area contributed by atoms with E-state index in [1.165, 1.54) is 6.92 Å². The molecule has 0 aromatic carbocycles. The van der Waals surface area contributed by atoms with Crippen molar-refractivity contribution in [2.45, 2.75) is 117 Å². The first kappa shape index (κ1) is 41.2. The third-order valence-electron chi connectivity index (χ3n) is 6.87. The fourth-order valence-electron chi connectivity index (χ4n) is 4.20. The van der Waals surface area contributed by atoms with Gasteiger partial charge in [0.1, 0.15) is 30.2 Å². The maximum Gasteiger partial charge on any atom is 0.326 e. The second kappa shape index (κ2) is 19.6. The molecule has 0 aromatic heterocycles. The lowest BCUT2D eigenvalue weighted by Gasteiger charge is -2.30. The van der Waals surface area contributed by atoms with Gasteiger partial charge in [0, 0.05) is 0 Å². The van der Waals surface area contributed by atoms with E-state index in [0.717, 1.165) is 0 Å². The number of aliphatic hydroxyl groups is 1. The van der Waals surface area contributed by atoms with Crippen LogP contribution in [0.3, 0.4) is 0 Å². The minimum absolute atomic E-state index is 0.0606. The number of carbonyl (C=O) groups is 7. The molecule has 0 heterocycles. The van der Waals surface area contributed by atoms with E-state index in [4.69, 9.17) is 5.73 Å². The Labute approximate surface area is 264 Å². The zero-order chi connectivity index (χ0) is 35.2. The summed E-state index contributed by atoms with van der Waals surface area (Å²) in [4.78, 5) is 88.0. The summed E-state index contributed by atoms with van der Waals surface area (Å²) in [6, 6.07) is -8.19. The van der Waals surface area contributed by atoms with Crippen LogP contribution in [0.5, 0.6) is 0 Å². The van der Waals surface area contributed by atoms with Gasteiger partial charge in [-0.25, -0.2) is 4.79 Å². The van der Waals surface area contributed by atoms with Crippen LogP contribution in [0.4, 0.5) is 0 Å². The van der Waals surface area contributed by atoms with Gasteiger partial charge in [-0.2, -0.15) is 0 Å². The Bertz CT molecular complexity index is 1050. The molecule has 10 N–H and O–H groups in total. The van der Waals surface area contributed by atoms with Crippen molar-refractivity contribution in [1.29, 1.82) is 0 Å². The van der Waals surface area contributed by atoms with E-state index in [-0.39, 0.29) is 24.7 Å². The van der Waals surface area contributed by atoms with Crippen molar-refractivity contribution >= 4 is 41.5 Å². The van der Waals surface area contributed by atoms with Crippen LogP contribution in [0.2, 0.25) is 0 Å². The smallest absolute Gasteiger partial charge is 0.326 e. The summed E-state index contributed by atoms with van der Waals surface area (Å²) in [5, 5.41) is 40.9. The van der Waals surface area contributed by atoms with Crippen LogP contribution in [-0.2, 0) is 33.6 Å². The highest BCUT2D eigenvalue weighted by atomic mass is 16.4. The summed E-state index contributed by atoms with van der Waals surface area (Å²) in [6.45, 7) is 15.0. The van der Waals surface area contributed by atoms with Gasteiger partial charge in [-0.15, -0.1) is 0 Å². The van der Waals surface area contributed by atoms with Crippen LogP contribution in [0.1, 0.15) is 74.1 Å². The average Bonchev–Trinajstić information content (AvgIpc) is 2.91. The van der Waals surface area contributed by atoms with Gasteiger partial charge in [-0.1, -0.05) is 48.0 Å². The number of hydrogen-bond acceptors (Lipinski definition) is 9. The molecule has 0 bridgehead atoms. The molecular formula is C29H51N6O10-. The van der Waals surface area contributed by atoms with Gasteiger partial charge in [-0.3, -0.25) is 28.8 Å². The van der Waals surface area contributed by atoms with E-state index < -0.39 is 96.2 Å². The molecule has 45 heavy (non-hydrogen) atoms. The van der Waals surface area contributed by atoms with Crippen molar-refractivity contribution in [3.8, 4) is 0 Å². The summed E-state index contributed by atoms with van der Waals surface area (Å²) in [5.74, 6) is -7.96. The number of amides is 5. The Morgan fingerprint density at radius 3 is 1.49 bits per heavy atom. The summed E-state index contributed by atoms with van der Waals surface area (Å²) >= 11 is 0. The molecule has 0 fully saturated rings. The lowest BCUT2D eigenvalue weighted by Crippen LogP contribution is -2.61. The van der Waals surface area contributed by atoms with Crippen molar-refractivity contribution in [2.24, 2.45) is 23.5 Å². The van der Waals surface area contributed by atoms with Crippen LogP contribution in [0.15, 0.2) is 0 Å². The van der Waals surface area contributed by atoms with Crippen LogP contribution in [0.25, 0.3) is 0 Å². The van der Waals surface area contributed by atoms with E-state index in [1.807, 2.05) is 0 Å². The number of aliphatic carboxylic acids is 2. The number of nitrogens with one attached hydrogen (secondary N) is 5. The molecule has 0 unspecified atom stereocenters. The number of rotatable bonds is 20. The molecule has 16 nitrogen and oxygen atoms in total. The second-order valence-corrected chi connectivity index (χ2v) is 12.1. The van der Waals surface area contributed by atoms with Gasteiger partial charge >= 0.3 is 11.9 Å². The molecule has 0 spiro atoms. The Morgan fingerprint density at radius 1 is 0.644 bits per heavy atom. The predicted molar refractivity (Wildman–Crippen MR) is 163 cm³/mol. The molecule has 16 heteroatoms. The lowest BCUT2D eigenvalue weighted by molar-refractivity contribution is -0.144. The quantitative estimate of drug-likeness (QED) is 0.0700. The minimum atomic E-state index is -1.66. The number of carboxylic acid groups (broad SMARTS) is 2. The second-order valence-electron chi connectivity index (χ2n) is 12.1. The normalized spacial score (nSPS) is 16.6. The van der Waals surface area contributed by atoms with E-state index in [2.05, 4.69) is 33.5 Å². The van der Waals surface area contributed by atoms with E-state index in [9.17, 15) is 48.9 Å². The van der Waals surface area contributed by atoms with E-state index in [1.54, 1.807) is 41.5 Å². The molecular weight excluding hydrogens is 592 g/mol. The number of aliphatic hydroxyl groups excluding tert-OH is 1. The summed E-state index contributed by atoms with van der Waals surface area (Å²) in [5.41, 5.74) is 5.44. The molecule has 0 rings (SSSR count). The van der Waals surface area contributed by atoms with Crippen LogP contribution >= 0.6 is 0 Å². The van der Waals surface area contributed by atoms with Gasteiger partial charge in [0.15, 0.2) is 0 Å². The van der Waals surface area contributed by atoms with Crippen molar-refractivity contribution in [2.75, 3.05) is 0 Å². The largest absolute Gasteiger partial charge is 0.481 e. The van der Waals surface area contributed by atoms with Gasteiger partial charge in [0.25, 0.3) is 0 Å². The van der Waals surface area contributed by atoms with Gasteiger partial charge in [0.2, 0.25) is 29.5 Å². The summed E-state index contributed by atoms with van der Waals surface area (Å²) in [6.07, 6.45) is -1.70. The van der Waals surface area contributed by atoms with Crippen molar-refractivity contribution < 1.29 is 48.9 Å². The van der Waals surface area contributed by atoms with Crippen LogP contribution in [-0.4, -0.2) is 99.1 Å². The zero-order valence-electron chi connectivity index (χ0n) is 27.1. The Hall–Kier alpha value is -3.79. The van der Waals surface area contributed by atoms with Gasteiger partial charge in [-0.05, 0) is 43.6 Å². The third-order valence-corrected chi connectivity index (χ3v) is 6.87. The first-order valence-corrected chi connectivity index (χ1v) is 14.9. The highest BCUT2D eigenvalue weighted by molar-refractivity contribution is 5.97. The highest BCUT2D eigenvalue weighted by Gasteiger charge is 2.35. The number of carboxylic acids is 2. The van der Waals surface area contributed by atoms with Crippen molar-refractivity contribution in [1.82, 2.24) is 26.6 Å². The van der Waals surface area contributed by atoms with Crippen LogP contribution in [0, 0.1) is 24.7 Å². The molecule has 0 saturated carbocycles. The molecule has 5 amide bonds. The van der Waals surface area contributed by atoms with Crippen molar-refractivity contribution in [3.63, 3.8) is 0 Å². The molecule has 0 aliphatic heterocycles. The molecule has 0 aromatic rings. The van der Waals surface area contributed by atoms with E-state index in [0.29, 0.717) is 6.42 Å². The predicted octanol–water partition coefficient (Wildman–Crippen LogP) is -1.35. The topological polar surface area (TPSA) is 266 Å². The lowest BCUT2D eigenvalue weighted by atomic mass is 9.96. The first-order chi connectivity index (χ1) is 20.7. The first-order valence-electron chi connectivity index (χ1n) is 14.9. The zero-order valence-corrected chi connectivity index (χ0v) is 27.1. The summed E-state index contributed by atoms with van der Waals surface area (Å²) < 4.78 is 0. The third kappa shape index (κ3) is 15.2. The Morgan fingerprint density at radius 2 is 1.07 bits per heavy atom. The number of carbonyl (C=O) groups excluding carboxylic acids is 5. The van der Waals surface area contributed by atoms with Crippen molar-refractivity contribution in [3.05, 3.63) is 6.92 Å². The fraction of sp³-hybridized carbons (Fsp3) is 0.724. The number of nitrogens with two attached hydrogens (primary N) is 1. The Kier molecular flexibility index (Phi) is 17.9. The highest BCUT2D eigenvalue weighted by Crippen LogP contribution is 2.13. The minimum Gasteiger partial charge on any atom is -0.481 e. The maximum absolute atomic E-state index is 13.5. The summed E-state index contributed by atoms with van der Waals surface area (Å²) in [7, 11) is 0. The monoisotopic (exact) mass is 643 g/mol. The molecule has 0 saturated heterocycles. The molecule has 0 aliphatic carbocycles. The molecule has 0 aliphatic rings. The van der Waals surface area contributed by atoms with Crippen LogP contribution < -0.4 is 32.3 Å². The molecule has 0 radical (unpaired) electrons. The molecule has 8 atom stereocenters. The van der Waals surface area contributed by atoms with Gasteiger partial charge in [0.05, 0.1) is 12.5 Å². The fourth-order valence-corrected chi connectivity index (χ4v) is 4.20. The Balaban J connectivity index is 6.10. The standard InChI is InChI=1S/C29H51N6O10/c1-9-15(6)22(27(42)32-19(12-21(37)38)25(40)33-20(29(44)45)11-14(4)5)34-26(41)18(10-13(2)3)31-28(43)23(17(8)36)35-24(39)16(7)30/h13-20,22-23,36H,7,9-12,30H2,1-6,8H3,(H,31,43)(H,32,42)(H,33,40)(H,34,41)(H,35,39)(H,37,38)(H,44,45)/q-1/t15-,16-,17+,18-,19-,20-,22-,23-/m0/s1. The molecule has 258 valence electrons. The maximum atomic E-state index is 13.5. The van der Waals surface area contributed by atoms with Gasteiger partial charge < -0.3 is 54.6 Å². The van der Waals surface area contributed by atoms with E-state index >= 15 is 0 Å². The average molecular weight is 644 g/mol. The number of hydrogen-bond donors (Lipinski definition) is 9.